The molecule has 21 heavy (non-hydrogen) atoms. The highest BCUT2D eigenvalue weighted by molar-refractivity contribution is 5.80. The molecule has 1 aliphatic heterocycles. The zero-order valence-corrected chi connectivity index (χ0v) is 13.5. The maximum absolute atomic E-state index is 4.87. The minimum absolute atomic E-state index is 0.475. The highest BCUT2D eigenvalue weighted by atomic mass is 15.3. The molecule has 0 amide bonds. The molecular weight excluding hydrogens is 262 g/mol. The van der Waals surface area contributed by atoms with E-state index in [0.29, 0.717) is 11.3 Å². The Labute approximate surface area is 127 Å². The van der Waals surface area contributed by atoms with Crippen LogP contribution < -0.4 is 5.32 Å². The van der Waals surface area contributed by atoms with E-state index in [0.717, 1.165) is 32.1 Å². The highest BCUT2D eigenvalue weighted by Crippen LogP contribution is 2.45. The number of rotatable bonds is 4. The normalized spacial score (nSPS) is 24.4. The number of likely N-dealkylation sites (tertiary alicyclic amines) is 1. The molecule has 1 aromatic rings. The maximum Gasteiger partial charge on any atom is 0.193 e. The molecule has 1 N–H and O–H groups in total. The van der Waals surface area contributed by atoms with Gasteiger partial charge in [0.1, 0.15) is 0 Å². The second-order valence-corrected chi connectivity index (χ2v) is 6.86. The Morgan fingerprint density at radius 2 is 2.33 bits per heavy atom. The van der Waals surface area contributed by atoms with Crippen LogP contribution in [0.2, 0.25) is 0 Å². The van der Waals surface area contributed by atoms with E-state index in [1.54, 1.807) is 0 Å². The third-order valence-corrected chi connectivity index (χ3v) is 4.73. The summed E-state index contributed by atoms with van der Waals surface area (Å²) in [6.07, 6.45) is 7.99. The second kappa shape index (κ2) is 5.70. The van der Waals surface area contributed by atoms with Crippen molar-refractivity contribution in [3.63, 3.8) is 0 Å². The van der Waals surface area contributed by atoms with Crippen molar-refractivity contribution < 1.29 is 0 Å². The van der Waals surface area contributed by atoms with Crippen molar-refractivity contribution in [3.8, 4) is 0 Å². The average Bonchev–Trinajstić information content (AvgIpc) is 2.89. The summed E-state index contributed by atoms with van der Waals surface area (Å²) in [5.74, 6) is 1.68. The van der Waals surface area contributed by atoms with Crippen molar-refractivity contribution in [2.45, 2.75) is 39.0 Å². The van der Waals surface area contributed by atoms with Crippen molar-refractivity contribution in [2.24, 2.45) is 17.5 Å². The molecule has 1 saturated carbocycles. The molecule has 1 unspecified atom stereocenters. The van der Waals surface area contributed by atoms with Gasteiger partial charge in [0.15, 0.2) is 5.96 Å². The number of aromatic nitrogens is 2. The molecular formula is C16H27N5. The van der Waals surface area contributed by atoms with E-state index in [2.05, 4.69) is 35.4 Å². The van der Waals surface area contributed by atoms with Crippen molar-refractivity contribution in [2.75, 3.05) is 26.2 Å². The smallest absolute Gasteiger partial charge is 0.193 e. The Morgan fingerprint density at radius 3 is 2.95 bits per heavy atom. The Kier molecular flexibility index (Phi) is 3.91. The fourth-order valence-electron chi connectivity index (χ4n) is 2.94. The Hall–Kier alpha value is -1.52. The van der Waals surface area contributed by atoms with Crippen molar-refractivity contribution in [1.29, 1.82) is 0 Å². The Balaban J connectivity index is 1.64. The zero-order valence-electron chi connectivity index (χ0n) is 13.5. The van der Waals surface area contributed by atoms with Crippen LogP contribution in [0.1, 0.15) is 44.6 Å². The van der Waals surface area contributed by atoms with Crippen molar-refractivity contribution in [1.82, 2.24) is 20.0 Å². The van der Waals surface area contributed by atoms with Crippen molar-refractivity contribution >= 4 is 5.96 Å². The monoisotopic (exact) mass is 289 g/mol. The van der Waals surface area contributed by atoms with Crippen LogP contribution in [0.15, 0.2) is 17.4 Å². The van der Waals surface area contributed by atoms with Crippen LogP contribution in [0.4, 0.5) is 0 Å². The van der Waals surface area contributed by atoms with Crippen LogP contribution in [0.5, 0.6) is 0 Å². The van der Waals surface area contributed by atoms with Crippen LogP contribution >= 0.6 is 0 Å². The highest BCUT2D eigenvalue weighted by Gasteiger charge is 2.37. The van der Waals surface area contributed by atoms with Gasteiger partial charge in [-0.15, -0.1) is 0 Å². The Morgan fingerprint density at radius 1 is 1.52 bits per heavy atom. The molecule has 1 atom stereocenters. The van der Waals surface area contributed by atoms with Crippen LogP contribution in [-0.2, 0) is 7.05 Å². The summed E-state index contributed by atoms with van der Waals surface area (Å²) in [6.45, 7) is 8.51. The topological polar surface area (TPSA) is 45.5 Å². The largest absolute Gasteiger partial charge is 0.357 e. The number of guanidine groups is 1. The first-order valence-corrected chi connectivity index (χ1v) is 8.11. The fourth-order valence-corrected chi connectivity index (χ4v) is 2.94. The van der Waals surface area contributed by atoms with E-state index < -0.39 is 0 Å². The van der Waals surface area contributed by atoms with E-state index >= 15 is 0 Å². The number of nitrogens with one attached hydrogen (secondary N) is 1. The summed E-state index contributed by atoms with van der Waals surface area (Å²) < 4.78 is 1.89. The molecule has 2 heterocycles. The summed E-state index contributed by atoms with van der Waals surface area (Å²) in [5, 5.41) is 7.75. The molecule has 2 fully saturated rings. The second-order valence-electron chi connectivity index (χ2n) is 6.86. The lowest BCUT2D eigenvalue weighted by atomic mass is 10.0. The lowest BCUT2D eigenvalue weighted by molar-refractivity contribution is 0.479. The van der Waals surface area contributed by atoms with E-state index in [1.807, 2.05) is 17.9 Å². The van der Waals surface area contributed by atoms with Gasteiger partial charge in [-0.3, -0.25) is 9.67 Å². The summed E-state index contributed by atoms with van der Waals surface area (Å²) in [7, 11) is 1.98. The number of aryl methyl sites for hydroxylation is 1. The van der Waals surface area contributed by atoms with E-state index in [9.17, 15) is 0 Å². The van der Waals surface area contributed by atoms with Crippen LogP contribution in [0.3, 0.4) is 0 Å². The van der Waals surface area contributed by atoms with Gasteiger partial charge >= 0.3 is 0 Å². The zero-order chi connectivity index (χ0) is 14.9. The van der Waals surface area contributed by atoms with E-state index in [-0.39, 0.29) is 0 Å². The predicted molar refractivity (Wildman–Crippen MR) is 85.5 cm³/mol. The summed E-state index contributed by atoms with van der Waals surface area (Å²) in [6, 6.07) is 0. The molecule has 0 aromatic carbocycles. The minimum Gasteiger partial charge on any atom is -0.357 e. The van der Waals surface area contributed by atoms with Gasteiger partial charge in [-0.05, 0) is 37.2 Å². The molecule has 1 saturated heterocycles. The summed E-state index contributed by atoms with van der Waals surface area (Å²) in [4.78, 5) is 7.28. The average molecular weight is 289 g/mol. The summed E-state index contributed by atoms with van der Waals surface area (Å²) in [5.41, 5.74) is 1.83. The minimum atomic E-state index is 0.475. The van der Waals surface area contributed by atoms with Gasteiger partial charge in [0.2, 0.25) is 0 Å². The summed E-state index contributed by atoms with van der Waals surface area (Å²) >= 11 is 0. The molecule has 0 bridgehead atoms. The molecule has 5 nitrogen and oxygen atoms in total. The molecule has 116 valence electrons. The molecule has 1 aromatic heterocycles. The predicted octanol–water partition coefficient (Wildman–Crippen LogP) is 1.97. The van der Waals surface area contributed by atoms with Gasteiger partial charge in [0, 0.05) is 45.3 Å². The first-order chi connectivity index (χ1) is 10.1. The van der Waals surface area contributed by atoms with Gasteiger partial charge in [0.05, 0.1) is 6.20 Å². The van der Waals surface area contributed by atoms with Crippen LogP contribution in [0.25, 0.3) is 0 Å². The molecule has 0 spiro atoms. The third-order valence-electron chi connectivity index (χ3n) is 4.73. The number of nitrogens with zero attached hydrogens (tertiary/aromatic N) is 4. The lowest BCUT2D eigenvalue weighted by Gasteiger charge is -2.22. The van der Waals surface area contributed by atoms with Gasteiger partial charge in [0.25, 0.3) is 0 Å². The van der Waals surface area contributed by atoms with Gasteiger partial charge in [-0.2, -0.15) is 5.10 Å². The molecule has 3 rings (SSSR count). The van der Waals surface area contributed by atoms with Crippen LogP contribution in [-0.4, -0.2) is 46.8 Å². The van der Waals surface area contributed by atoms with E-state index in [4.69, 9.17) is 4.99 Å². The van der Waals surface area contributed by atoms with Gasteiger partial charge in [-0.25, -0.2) is 0 Å². The lowest BCUT2D eigenvalue weighted by Crippen LogP contribution is -2.40. The molecule has 0 radical (unpaired) electrons. The standard InChI is InChI=1S/C16H27N5/c1-4-17-15(18-12-16(2)6-7-16)21-8-5-13(11-21)14-9-19-20(3)10-14/h9-10,13H,4-8,11-12H2,1-3H3,(H,17,18). The van der Waals surface area contributed by atoms with E-state index in [1.165, 1.54) is 24.8 Å². The number of aliphatic imine (C=N–C) groups is 1. The number of hydrogen-bond donors (Lipinski definition) is 1. The third kappa shape index (κ3) is 3.39. The fraction of sp³-hybridized carbons (Fsp3) is 0.750. The quantitative estimate of drug-likeness (QED) is 0.681. The first kappa shape index (κ1) is 14.4. The number of hydrogen-bond acceptors (Lipinski definition) is 2. The van der Waals surface area contributed by atoms with Gasteiger partial charge in [-0.1, -0.05) is 6.92 Å². The molecule has 2 aliphatic rings. The molecule has 5 heteroatoms. The van der Waals surface area contributed by atoms with Crippen LogP contribution in [0, 0.1) is 5.41 Å². The van der Waals surface area contributed by atoms with Gasteiger partial charge < -0.3 is 10.2 Å². The SMILES string of the molecule is CCNC(=NCC1(C)CC1)N1CCC(c2cnn(C)c2)C1. The maximum atomic E-state index is 4.87. The molecule has 1 aliphatic carbocycles. The Bertz CT molecular complexity index is 514. The van der Waals surface area contributed by atoms with Crippen molar-refractivity contribution in [3.05, 3.63) is 18.0 Å². The first-order valence-electron chi connectivity index (χ1n) is 8.11.